The van der Waals surface area contributed by atoms with Crippen molar-refractivity contribution in [1.82, 2.24) is 0 Å². The molecule has 1 heterocycles. The zero-order chi connectivity index (χ0) is 16.4. The summed E-state index contributed by atoms with van der Waals surface area (Å²) in [7, 11) is 0. The molecular weight excluding hydrogens is 276 g/mol. The lowest BCUT2D eigenvalue weighted by atomic mass is 10.0. The van der Waals surface area contributed by atoms with E-state index in [1.54, 1.807) is 13.0 Å². The molecule has 0 saturated carbocycles. The first kappa shape index (κ1) is 16.7. The van der Waals surface area contributed by atoms with Crippen LogP contribution in [0, 0.1) is 5.92 Å². The summed E-state index contributed by atoms with van der Waals surface area (Å²) in [6, 6.07) is 5.23. The minimum Gasteiger partial charge on any atom is -0.321 e. The van der Waals surface area contributed by atoms with Gasteiger partial charge in [-0.05, 0) is 56.9 Å². The van der Waals surface area contributed by atoms with Crippen molar-refractivity contribution in [1.29, 1.82) is 0 Å². The van der Waals surface area contributed by atoms with Gasteiger partial charge in [0.15, 0.2) is 5.78 Å². The molecule has 0 saturated heterocycles. The molecule has 0 bridgehead atoms. The number of hydrogen-bond acceptors (Lipinski definition) is 3. The van der Waals surface area contributed by atoms with Gasteiger partial charge in [0.2, 0.25) is 5.91 Å². The van der Waals surface area contributed by atoms with Gasteiger partial charge in [-0.2, -0.15) is 0 Å². The first-order chi connectivity index (χ1) is 10.4. The van der Waals surface area contributed by atoms with Crippen LogP contribution in [-0.4, -0.2) is 23.8 Å². The van der Waals surface area contributed by atoms with Crippen molar-refractivity contribution in [2.75, 3.05) is 4.90 Å². The summed E-state index contributed by atoms with van der Waals surface area (Å²) in [5.41, 5.74) is 8.33. The number of benzene rings is 1. The van der Waals surface area contributed by atoms with E-state index in [4.69, 9.17) is 5.73 Å². The average molecular weight is 302 g/mol. The van der Waals surface area contributed by atoms with Gasteiger partial charge >= 0.3 is 0 Å². The smallest absolute Gasteiger partial charge is 0.230 e. The summed E-state index contributed by atoms with van der Waals surface area (Å²) in [4.78, 5) is 26.7. The molecule has 120 valence electrons. The molecule has 0 aliphatic carbocycles. The second-order valence-electron chi connectivity index (χ2n) is 6.27. The topological polar surface area (TPSA) is 63.4 Å². The fraction of sp³-hybridized carbons (Fsp3) is 0.556. The molecule has 1 aromatic carbocycles. The number of nitrogens with zero attached hydrogens (tertiary/aromatic N) is 1. The monoisotopic (exact) mass is 302 g/mol. The summed E-state index contributed by atoms with van der Waals surface area (Å²) in [5, 5.41) is 0. The van der Waals surface area contributed by atoms with Crippen LogP contribution in [0.4, 0.5) is 5.69 Å². The van der Waals surface area contributed by atoms with Crippen LogP contribution in [0.1, 0.15) is 56.5 Å². The van der Waals surface area contributed by atoms with Crippen molar-refractivity contribution in [2.45, 2.75) is 59.0 Å². The Morgan fingerprint density at radius 3 is 2.50 bits per heavy atom. The zero-order valence-corrected chi connectivity index (χ0v) is 13.9. The fourth-order valence-electron chi connectivity index (χ4n) is 3.22. The zero-order valence-electron chi connectivity index (χ0n) is 13.9. The van der Waals surface area contributed by atoms with Crippen molar-refractivity contribution in [3.63, 3.8) is 0 Å². The van der Waals surface area contributed by atoms with E-state index in [2.05, 4.69) is 20.8 Å². The van der Waals surface area contributed by atoms with Crippen molar-refractivity contribution in [2.24, 2.45) is 11.7 Å². The largest absolute Gasteiger partial charge is 0.321 e. The second-order valence-corrected chi connectivity index (χ2v) is 6.27. The van der Waals surface area contributed by atoms with Gasteiger partial charge in [0.1, 0.15) is 0 Å². The van der Waals surface area contributed by atoms with Crippen molar-refractivity contribution < 1.29 is 9.59 Å². The normalized spacial score (nSPS) is 18.5. The van der Waals surface area contributed by atoms with Crippen LogP contribution >= 0.6 is 0 Å². The average Bonchev–Trinajstić information content (AvgIpc) is 2.82. The Labute approximate surface area is 132 Å². The van der Waals surface area contributed by atoms with Gasteiger partial charge < -0.3 is 10.6 Å². The predicted molar refractivity (Wildman–Crippen MR) is 89.1 cm³/mol. The molecule has 0 aromatic heterocycles. The SMILES string of the molecule is CCC(CC)C(=O)N1c2ccc(C(=O)C(C)N)cc2CC1C. The van der Waals surface area contributed by atoms with Crippen LogP contribution in [0.5, 0.6) is 0 Å². The van der Waals surface area contributed by atoms with Gasteiger partial charge in [-0.25, -0.2) is 0 Å². The molecule has 1 amide bonds. The number of hydrogen-bond donors (Lipinski definition) is 1. The third kappa shape index (κ3) is 2.93. The summed E-state index contributed by atoms with van der Waals surface area (Å²) in [5.74, 6) is 0.210. The number of carbonyl (C=O) groups is 2. The van der Waals surface area contributed by atoms with E-state index in [0.29, 0.717) is 5.56 Å². The minimum absolute atomic E-state index is 0.0553. The third-order valence-electron chi connectivity index (χ3n) is 4.57. The maximum absolute atomic E-state index is 12.7. The number of nitrogens with two attached hydrogens (primary N) is 1. The Balaban J connectivity index is 2.34. The van der Waals surface area contributed by atoms with E-state index < -0.39 is 6.04 Å². The molecule has 22 heavy (non-hydrogen) atoms. The van der Waals surface area contributed by atoms with E-state index in [0.717, 1.165) is 30.5 Å². The molecule has 2 N–H and O–H groups in total. The van der Waals surface area contributed by atoms with Gasteiger partial charge in [0.25, 0.3) is 0 Å². The quantitative estimate of drug-likeness (QED) is 0.851. The Kier molecular flexibility index (Phi) is 5.01. The fourth-order valence-corrected chi connectivity index (χ4v) is 3.22. The lowest BCUT2D eigenvalue weighted by Crippen LogP contribution is -2.39. The van der Waals surface area contributed by atoms with Gasteiger partial charge in [0.05, 0.1) is 6.04 Å². The Morgan fingerprint density at radius 2 is 1.95 bits per heavy atom. The highest BCUT2D eigenvalue weighted by Crippen LogP contribution is 2.35. The van der Waals surface area contributed by atoms with Crippen LogP contribution in [0.15, 0.2) is 18.2 Å². The highest BCUT2D eigenvalue weighted by atomic mass is 16.2. The Morgan fingerprint density at radius 1 is 1.32 bits per heavy atom. The Bertz CT molecular complexity index is 576. The maximum Gasteiger partial charge on any atom is 0.230 e. The van der Waals surface area contributed by atoms with Gasteiger partial charge in [0, 0.05) is 23.2 Å². The highest BCUT2D eigenvalue weighted by Gasteiger charge is 2.34. The standard InChI is InChI=1S/C18H26N2O2/c1-5-13(6-2)18(22)20-11(3)9-15-10-14(7-8-16(15)20)17(21)12(4)19/h7-8,10-13H,5-6,9,19H2,1-4H3. The number of fused-ring (bicyclic) bond motifs is 1. The second kappa shape index (κ2) is 6.61. The van der Waals surface area contributed by atoms with E-state index in [9.17, 15) is 9.59 Å². The number of anilines is 1. The first-order valence-electron chi connectivity index (χ1n) is 8.16. The molecule has 0 fully saturated rings. The molecule has 1 aliphatic heterocycles. The summed E-state index contributed by atoms with van der Waals surface area (Å²) >= 11 is 0. The van der Waals surface area contributed by atoms with Crippen LogP contribution in [0.3, 0.4) is 0 Å². The van der Waals surface area contributed by atoms with E-state index in [-0.39, 0.29) is 23.7 Å². The lowest BCUT2D eigenvalue weighted by molar-refractivity contribution is -0.122. The maximum atomic E-state index is 12.7. The highest BCUT2D eigenvalue weighted by molar-refractivity contribution is 6.02. The molecule has 1 aromatic rings. The Hall–Kier alpha value is -1.68. The number of amides is 1. The number of carbonyl (C=O) groups excluding carboxylic acids is 2. The van der Waals surface area contributed by atoms with E-state index in [1.165, 1.54) is 0 Å². The van der Waals surface area contributed by atoms with Crippen molar-refractivity contribution in [3.05, 3.63) is 29.3 Å². The minimum atomic E-state index is -0.501. The van der Waals surface area contributed by atoms with Crippen LogP contribution < -0.4 is 10.6 Å². The molecule has 2 unspecified atom stereocenters. The number of rotatable bonds is 5. The third-order valence-corrected chi connectivity index (χ3v) is 4.57. The number of ketones is 1. The molecule has 4 heteroatoms. The van der Waals surface area contributed by atoms with E-state index >= 15 is 0 Å². The van der Waals surface area contributed by atoms with E-state index in [1.807, 2.05) is 17.0 Å². The molecule has 2 atom stereocenters. The molecule has 4 nitrogen and oxygen atoms in total. The van der Waals surface area contributed by atoms with Gasteiger partial charge in [-0.3, -0.25) is 9.59 Å². The van der Waals surface area contributed by atoms with Crippen LogP contribution in [-0.2, 0) is 11.2 Å². The summed E-state index contributed by atoms with van der Waals surface area (Å²) in [6.45, 7) is 7.87. The number of Topliss-reactive ketones (excluding diaryl/α,β-unsaturated/α-hetero) is 1. The lowest BCUT2D eigenvalue weighted by Gasteiger charge is -2.26. The molecule has 0 spiro atoms. The molecule has 2 rings (SSSR count). The molecule has 1 aliphatic rings. The summed E-state index contributed by atoms with van der Waals surface area (Å²) < 4.78 is 0. The molecular formula is C18H26N2O2. The predicted octanol–water partition coefficient (Wildman–Crippen LogP) is 2.93. The van der Waals surface area contributed by atoms with Crippen LogP contribution in [0.2, 0.25) is 0 Å². The molecule has 0 radical (unpaired) electrons. The summed E-state index contributed by atoms with van der Waals surface area (Å²) in [6.07, 6.45) is 2.51. The van der Waals surface area contributed by atoms with Crippen LogP contribution in [0.25, 0.3) is 0 Å². The van der Waals surface area contributed by atoms with Gasteiger partial charge in [-0.1, -0.05) is 13.8 Å². The van der Waals surface area contributed by atoms with Crippen molar-refractivity contribution >= 4 is 17.4 Å². The van der Waals surface area contributed by atoms with Crippen molar-refractivity contribution in [3.8, 4) is 0 Å². The van der Waals surface area contributed by atoms with Gasteiger partial charge in [-0.15, -0.1) is 0 Å². The first-order valence-corrected chi connectivity index (χ1v) is 8.16.